The molecule has 36 heavy (non-hydrogen) atoms. The number of unbranched alkanes of at least 4 members (excludes halogenated alkanes) is 2. The van der Waals surface area contributed by atoms with Crippen molar-refractivity contribution in [1.82, 2.24) is 4.90 Å². The maximum atomic E-state index is 14.3. The molecule has 8 nitrogen and oxygen atoms in total. The fraction of sp³-hybridized carbons (Fsp3) is 0.519. The van der Waals surface area contributed by atoms with Gasteiger partial charge in [-0.1, -0.05) is 48.0 Å². The summed E-state index contributed by atoms with van der Waals surface area (Å²) in [6, 6.07) is 6.13. The van der Waals surface area contributed by atoms with Gasteiger partial charge in [-0.3, -0.25) is 14.4 Å². The van der Waals surface area contributed by atoms with Gasteiger partial charge >= 0.3 is 5.97 Å². The molecule has 5 atom stereocenters. The number of aliphatic hydroxyl groups excluding tert-OH is 1. The van der Waals surface area contributed by atoms with E-state index in [1.165, 1.54) is 0 Å². The first-order valence-corrected chi connectivity index (χ1v) is 12.9. The summed E-state index contributed by atoms with van der Waals surface area (Å²) in [7, 11) is 0. The lowest BCUT2D eigenvalue weighted by atomic mass is 9.74. The minimum absolute atomic E-state index is 0.0631. The molecule has 1 aromatic rings. The normalized spacial score (nSPS) is 33.5. The van der Waals surface area contributed by atoms with Crippen LogP contribution in [0.15, 0.2) is 48.6 Å². The van der Waals surface area contributed by atoms with Gasteiger partial charge in [0.1, 0.15) is 17.6 Å². The fourth-order valence-corrected chi connectivity index (χ4v) is 6.42. The van der Waals surface area contributed by atoms with Gasteiger partial charge < -0.3 is 24.4 Å². The number of halogens is 1. The summed E-state index contributed by atoms with van der Waals surface area (Å²) in [4.78, 5) is 44.7. The Balaban J connectivity index is 1.61. The Morgan fingerprint density at radius 2 is 1.86 bits per heavy atom. The number of nitrogens with zero attached hydrogens (tertiary/aromatic N) is 2. The van der Waals surface area contributed by atoms with E-state index in [0.29, 0.717) is 42.9 Å². The molecule has 0 radical (unpaired) electrons. The zero-order valence-electron chi connectivity index (χ0n) is 20.3. The fourth-order valence-electron chi connectivity index (χ4n) is 6.19. The number of carbonyl (C=O) groups excluding carboxylic acids is 3. The van der Waals surface area contributed by atoms with Crippen LogP contribution >= 0.6 is 11.6 Å². The molecule has 2 amide bonds. The summed E-state index contributed by atoms with van der Waals surface area (Å²) >= 11 is 6.47. The van der Waals surface area contributed by atoms with Crippen LogP contribution in [0.25, 0.3) is 0 Å². The number of para-hydroxylation sites is 1. The average Bonchev–Trinajstić information content (AvgIpc) is 3.16. The van der Waals surface area contributed by atoms with Crippen LogP contribution in [0.3, 0.4) is 0 Å². The first kappa shape index (κ1) is 25.0. The number of anilines is 1. The minimum atomic E-state index is -1.33. The number of hydrogen-bond donors (Lipinski definition) is 1. The number of benzene rings is 1. The van der Waals surface area contributed by atoms with Gasteiger partial charge in [-0.05, 0) is 44.7 Å². The van der Waals surface area contributed by atoms with Crippen molar-refractivity contribution < 1.29 is 29.0 Å². The molecule has 0 aromatic heterocycles. The molecule has 1 aromatic carbocycles. The third kappa shape index (κ3) is 3.86. The van der Waals surface area contributed by atoms with Crippen LogP contribution in [0.1, 0.15) is 32.6 Å². The van der Waals surface area contributed by atoms with Crippen molar-refractivity contribution in [3.63, 3.8) is 0 Å². The van der Waals surface area contributed by atoms with Gasteiger partial charge in [-0.2, -0.15) is 0 Å². The number of rotatable bonds is 6. The molecule has 2 fully saturated rings. The number of hydrogen-bond acceptors (Lipinski definition) is 6. The predicted molar refractivity (Wildman–Crippen MR) is 133 cm³/mol. The first-order valence-electron chi connectivity index (χ1n) is 12.5. The summed E-state index contributed by atoms with van der Waals surface area (Å²) in [5, 5.41) is 9.62. The van der Waals surface area contributed by atoms with E-state index in [0.717, 1.165) is 0 Å². The smallest absolute Gasteiger partial charge is 0.313 e. The lowest BCUT2D eigenvalue weighted by Crippen LogP contribution is -2.56. The Morgan fingerprint density at radius 3 is 2.64 bits per heavy atom. The van der Waals surface area contributed by atoms with Crippen LogP contribution in [-0.4, -0.2) is 71.3 Å². The Labute approximate surface area is 215 Å². The van der Waals surface area contributed by atoms with Crippen molar-refractivity contribution in [3.8, 4) is 0 Å². The van der Waals surface area contributed by atoms with Gasteiger partial charge in [0, 0.05) is 19.7 Å². The summed E-state index contributed by atoms with van der Waals surface area (Å²) in [6.07, 6.45) is 9.86. The predicted octanol–water partition coefficient (Wildman–Crippen LogP) is 2.88. The quantitative estimate of drug-likeness (QED) is 0.356. The number of likely N-dealkylation sites (tertiary alicyclic amines) is 1. The second-order valence-electron chi connectivity index (χ2n) is 9.97. The van der Waals surface area contributed by atoms with E-state index in [2.05, 4.69) is 0 Å². The van der Waals surface area contributed by atoms with Crippen molar-refractivity contribution in [2.75, 3.05) is 31.2 Å². The summed E-state index contributed by atoms with van der Waals surface area (Å²) in [5.74, 6) is -2.85. The molecule has 0 saturated carbocycles. The maximum absolute atomic E-state index is 14.3. The van der Waals surface area contributed by atoms with Gasteiger partial charge in [0.05, 0.1) is 28.8 Å². The highest BCUT2D eigenvalue weighted by Crippen LogP contribution is 2.57. The van der Waals surface area contributed by atoms with Crippen LogP contribution in [0.4, 0.5) is 5.69 Å². The van der Waals surface area contributed by atoms with E-state index in [1.807, 2.05) is 24.3 Å². The van der Waals surface area contributed by atoms with E-state index in [4.69, 9.17) is 21.1 Å². The SMILES string of the molecule is C[C@@]12C=CCCOC(=O)[C@@H]1[C@H]1C(=O)N(CCCCCO)C3C(=O)N(c4ccccc4Cl)CC=C[C@@]31O2. The highest BCUT2D eigenvalue weighted by Gasteiger charge is 2.74. The molecule has 9 heteroatoms. The molecular formula is C27H31ClN2O6. The zero-order chi connectivity index (χ0) is 25.5. The molecule has 1 unspecified atom stereocenters. The van der Waals surface area contributed by atoms with Crippen LogP contribution in [0.5, 0.6) is 0 Å². The van der Waals surface area contributed by atoms with Crippen LogP contribution in [0.2, 0.25) is 5.02 Å². The molecule has 1 N–H and O–H groups in total. The Hall–Kier alpha value is -2.68. The molecule has 4 aliphatic heterocycles. The van der Waals surface area contributed by atoms with E-state index >= 15 is 0 Å². The van der Waals surface area contributed by atoms with Gasteiger partial charge in [0.15, 0.2) is 0 Å². The number of esters is 1. The highest BCUT2D eigenvalue weighted by atomic mass is 35.5. The summed E-state index contributed by atoms with van der Waals surface area (Å²) < 4.78 is 12.2. The maximum Gasteiger partial charge on any atom is 0.313 e. The van der Waals surface area contributed by atoms with E-state index in [-0.39, 0.29) is 31.6 Å². The lowest BCUT2D eigenvalue weighted by Gasteiger charge is -2.37. The Morgan fingerprint density at radius 1 is 1.06 bits per heavy atom. The lowest BCUT2D eigenvalue weighted by molar-refractivity contribution is -0.159. The number of fused-ring (bicyclic) bond motifs is 2. The topological polar surface area (TPSA) is 96.4 Å². The molecule has 192 valence electrons. The van der Waals surface area contributed by atoms with Crippen molar-refractivity contribution in [1.29, 1.82) is 0 Å². The number of aliphatic hydroxyl groups is 1. The molecule has 5 rings (SSSR count). The summed E-state index contributed by atoms with van der Waals surface area (Å²) in [5.41, 5.74) is -1.87. The Bertz CT molecular complexity index is 1120. The molecule has 2 saturated heterocycles. The van der Waals surface area contributed by atoms with Gasteiger partial charge in [0.2, 0.25) is 5.91 Å². The van der Waals surface area contributed by atoms with Crippen molar-refractivity contribution >= 4 is 35.1 Å². The van der Waals surface area contributed by atoms with Gasteiger partial charge in [0.25, 0.3) is 5.91 Å². The zero-order valence-corrected chi connectivity index (χ0v) is 21.0. The van der Waals surface area contributed by atoms with Crippen LogP contribution in [0, 0.1) is 11.8 Å². The third-order valence-electron chi connectivity index (χ3n) is 7.72. The van der Waals surface area contributed by atoms with E-state index in [9.17, 15) is 19.5 Å². The van der Waals surface area contributed by atoms with Crippen molar-refractivity contribution in [3.05, 3.63) is 53.6 Å². The second kappa shape index (κ2) is 9.65. The van der Waals surface area contributed by atoms with Crippen LogP contribution in [-0.2, 0) is 23.9 Å². The largest absolute Gasteiger partial charge is 0.465 e. The molecular weight excluding hydrogens is 484 g/mol. The Kier molecular flexibility index (Phi) is 6.70. The van der Waals surface area contributed by atoms with Crippen molar-refractivity contribution in [2.45, 2.75) is 49.9 Å². The number of ether oxygens (including phenoxy) is 2. The number of cyclic esters (lactones) is 1. The van der Waals surface area contributed by atoms with Gasteiger partial charge in [-0.15, -0.1) is 0 Å². The standard InChI is InChI=1S/C27H31ClN2O6/c1-26-12-5-8-17-35-25(34)21(26)20-23(32)30(14-6-2-7-16-31)22-24(33)29(15-9-13-27(20,22)36-26)19-11-4-3-10-18(19)28/h3-5,9-13,20-22,31H,2,6-8,14-17H2,1H3/t20-,21-,22?,26+,27-/m0/s1. The summed E-state index contributed by atoms with van der Waals surface area (Å²) in [6.45, 7) is 2.66. The molecule has 1 spiro atoms. The minimum Gasteiger partial charge on any atom is -0.465 e. The monoisotopic (exact) mass is 514 g/mol. The second-order valence-corrected chi connectivity index (χ2v) is 10.4. The third-order valence-corrected chi connectivity index (χ3v) is 8.04. The highest BCUT2D eigenvalue weighted by molar-refractivity contribution is 6.34. The molecule has 0 bridgehead atoms. The average molecular weight is 515 g/mol. The number of carbonyl (C=O) groups is 3. The van der Waals surface area contributed by atoms with E-state index in [1.54, 1.807) is 41.0 Å². The number of amides is 2. The molecule has 4 heterocycles. The van der Waals surface area contributed by atoms with E-state index < -0.39 is 35.0 Å². The van der Waals surface area contributed by atoms with Gasteiger partial charge in [-0.25, -0.2) is 0 Å². The molecule has 4 aliphatic rings. The molecule has 0 aliphatic carbocycles. The van der Waals surface area contributed by atoms with Crippen LogP contribution < -0.4 is 4.90 Å². The van der Waals surface area contributed by atoms with Crippen molar-refractivity contribution in [2.24, 2.45) is 11.8 Å². The first-order chi connectivity index (χ1) is 17.3.